The van der Waals surface area contributed by atoms with Crippen LogP contribution in [0.2, 0.25) is 0 Å². The molecule has 2 rings (SSSR count). The lowest BCUT2D eigenvalue weighted by Gasteiger charge is -2.07. The average Bonchev–Trinajstić information content (AvgIpc) is 2.64. The fourth-order valence-corrected chi connectivity index (χ4v) is 2.14. The number of aliphatic carboxylic acids is 1. The van der Waals surface area contributed by atoms with E-state index < -0.39 is 12.0 Å². The van der Waals surface area contributed by atoms with Crippen molar-refractivity contribution in [3.63, 3.8) is 0 Å². The largest absolute Gasteiger partial charge is 0.480 e. The molecule has 0 fully saturated rings. The minimum atomic E-state index is -1.02. The molecule has 5 nitrogen and oxygen atoms in total. The zero-order valence-corrected chi connectivity index (χ0v) is 11.4. The number of benzene rings is 1. The average molecular weight is 261 g/mol. The molecular weight excluding hydrogens is 242 g/mol. The number of imidazole rings is 1. The predicted molar refractivity (Wildman–Crippen MR) is 73.8 cm³/mol. The first-order chi connectivity index (χ1) is 8.90. The molecule has 1 aromatic heterocycles. The third-order valence-electron chi connectivity index (χ3n) is 3.21. The number of carbonyl (C=O) groups is 1. The SMILES string of the molecule is CC(C)Cc1nc2ccc(C(N)C(=O)O)cc2n1C. The summed E-state index contributed by atoms with van der Waals surface area (Å²) in [5.74, 6) is 0.506. The van der Waals surface area contributed by atoms with Gasteiger partial charge in [0.15, 0.2) is 0 Å². The predicted octanol–water partition coefficient (Wildman–Crippen LogP) is 1.86. The minimum Gasteiger partial charge on any atom is -0.480 e. The summed E-state index contributed by atoms with van der Waals surface area (Å²) in [6.07, 6.45) is 0.894. The molecule has 0 spiro atoms. The van der Waals surface area contributed by atoms with E-state index in [0.717, 1.165) is 23.3 Å². The highest BCUT2D eigenvalue weighted by molar-refractivity contribution is 5.81. The normalized spacial score (nSPS) is 13.1. The number of hydrogen-bond donors (Lipinski definition) is 2. The molecule has 0 saturated heterocycles. The monoisotopic (exact) mass is 261 g/mol. The van der Waals surface area contributed by atoms with Gasteiger partial charge in [0.1, 0.15) is 11.9 Å². The summed E-state index contributed by atoms with van der Waals surface area (Å²) in [7, 11) is 1.95. The molecule has 102 valence electrons. The second kappa shape index (κ2) is 5.01. The fourth-order valence-electron chi connectivity index (χ4n) is 2.14. The van der Waals surface area contributed by atoms with Crippen LogP contribution in [0.25, 0.3) is 11.0 Å². The van der Waals surface area contributed by atoms with Gasteiger partial charge in [0.25, 0.3) is 0 Å². The van der Waals surface area contributed by atoms with Gasteiger partial charge in [0.05, 0.1) is 11.0 Å². The number of nitrogens with zero attached hydrogens (tertiary/aromatic N) is 2. The van der Waals surface area contributed by atoms with Gasteiger partial charge in [-0.05, 0) is 23.6 Å². The van der Waals surface area contributed by atoms with E-state index in [2.05, 4.69) is 18.8 Å². The van der Waals surface area contributed by atoms with E-state index in [4.69, 9.17) is 10.8 Å². The number of rotatable bonds is 4. The summed E-state index contributed by atoms with van der Waals surface area (Å²) in [6.45, 7) is 4.29. The van der Waals surface area contributed by atoms with Gasteiger partial charge in [0.2, 0.25) is 0 Å². The van der Waals surface area contributed by atoms with Crippen molar-refractivity contribution >= 4 is 17.0 Å². The standard InChI is InChI=1S/C14H19N3O2/c1-8(2)6-12-16-10-5-4-9(13(15)14(18)19)7-11(10)17(12)3/h4-5,7-8,13H,6,15H2,1-3H3,(H,18,19). The lowest BCUT2D eigenvalue weighted by atomic mass is 10.1. The molecule has 1 aromatic carbocycles. The van der Waals surface area contributed by atoms with Crippen LogP contribution in [0.3, 0.4) is 0 Å². The van der Waals surface area contributed by atoms with Crippen molar-refractivity contribution in [3.8, 4) is 0 Å². The summed E-state index contributed by atoms with van der Waals surface area (Å²) < 4.78 is 2.01. The van der Waals surface area contributed by atoms with Gasteiger partial charge in [-0.25, -0.2) is 4.98 Å². The topological polar surface area (TPSA) is 81.1 Å². The molecule has 0 radical (unpaired) electrons. The molecule has 3 N–H and O–H groups in total. The molecule has 0 bridgehead atoms. The molecule has 0 amide bonds. The van der Waals surface area contributed by atoms with Crippen LogP contribution >= 0.6 is 0 Å². The molecule has 1 atom stereocenters. The van der Waals surface area contributed by atoms with Gasteiger partial charge >= 0.3 is 5.97 Å². The molecule has 0 aliphatic heterocycles. The number of carboxylic acid groups (broad SMARTS) is 1. The summed E-state index contributed by atoms with van der Waals surface area (Å²) >= 11 is 0. The molecule has 1 unspecified atom stereocenters. The smallest absolute Gasteiger partial charge is 0.325 e. The van der Waals surface area contributed by atoms with Crippen LogP contribution in [-0.4, -0.2) is 20.6 Å². The molecular formula is C14H19N3O2. The van der Waals surface area contributed by atoms with Crippen LogP contribution in [0.5, 0.6) is 0 Å². The van der Waals surface area contributed by atoms with Crippen molar-refractivity contribution in [2.45, 2.75) is 26.3 Å². The quantitative estimate of drug-likeness (QED) is 0.880. The summed E-state index contributed by atoms with van der Waals surface area (Å²) in [4.78, 5) is 15.5. The number of nitrogens with two attached hydrogens (primary N) is 1. The van der Waals surface area contributed by atoms with Crippen molar-refractivity contribution in [1.82, 2.24) is 9.55 Å². The van der Waals surface area contributed by atoms with Gasteiger partial charge in [-0.15, -0.1) is 0 Å². The Morgan fingerprint density at radius 3 is 2.74 bits per heavy atom. The highest BCUT2D eigenvalue weighted by Gasteiger charge is 2.16. The highest BCUT2D eigenvalue weighted by Crippen LogP contribution is 2.21. The zero-order valence-electron chi connectivity index (χ0n) is 11.4. The van der Waals surface area contributed by atoms with Gasteiger partial charge in [-0.2, -0.15) is 0 Å². The van der Waals surface area contributed by atoms with Crippen LogP contribution in [0, 0.1) is 5.92 Å². The van der Waals surface area contributed by atoms with E-state index in [1.165, 1.54) is 0 Å². The van der Waals surface area contributed by atoms with Crippen LogP contribution in [0.4, 0.5) is 0 Å². The first kappa shape index (κ1) is 13.5. The maximum atomic E-state index is 10.9. The summed E-state index contributed by atoms with van der Waals surface area (Å²) in [5, 5.41) is 8.95. The Morgan fingerprint density at radius 1 is 1.47 bits per heavy atom. The van der Waals surface area contributed by atoms with E-state index in [0.29, 0.717) is 11.5 Å². The highest BCUT2D eigenvalue weighted by atomic mass is 16.4. The maximum Gasteiger partial charge on any atom is 0.325 e. The fraction of sp³-hybridized carbons (Fsp3) is 0.429. The van der Waals surface area contributed by atoms with Crippen molar-refractivity contribution in [2.24, 2.45) is 18.7 Å². The van der Waals surface area contributed by atoms with Crippen molar-refractivity contribution in [2.75, 3.05) is 0 Å². The van der Waals surface area contributed by atoms with E-state index in [9.17, 15) is 4.79 Å². The molecule has 1 heterocycles. The second-order valence-electron chi connectivity index (χ2n) is 5.25. The minimum absolute atomic E-state index is 0.524. The summed E-state index contributed by atoms with van der Waals surface area (Å²) in [6, 6.07) is 4.38. The number of hydrogen-bond acceptors (Lipinski definition) is 3. The van der Waals surface area contributed by atoms with Crippen LogP contribution in [0.15, 0.2) is 18.2 Å². The van der Waals surface area contributed by atoms with Crippen molar-refractivity contribution < 1.29 is 9.90 Å². The number of fused-ring (bicyclic) bond motifs is 1. The van der Waals surface area contributed by atoms with Crippen molar-refractivity contribution in [3.05, 3.63) is 29.6 Å². The van der Waals surface area contributed by atoms with Gasteiger partial charge in [0, 0.05) is 13.5 Å². The molecule has 5 heteroatoms. The van der Waals surface area contributed by atoms with E-state index in [1.807, 2.05) is 23.7 Å². The Bertz CT molecular complexity index is 616. The second-order valence-corrected chi connectivity index (χ2v) is 5.25. The number of aryl methyl sites for hydroxylation is 1. The molecule has 0 aliphatic carbocycles. The van der Waals surface area contributed by atoms with E-state index >= 15 is 0 Å². The van der Waals surface area contributed by atoms with Crippen LogP contribution in [0.1, 0.15) is 31.3 Å². The first-order valence-corrected chi connectivity index (χ1v) is 6.33. The number of aromatic nitrogens is 2. The van der Waals surface area contributed by atoms with Crippen LogP contribution in [-0.2, 0) is 18.3 Å². The third kappa shape index (κ3) is 2.61. The van der Waals surface area contributed by atoms with Crippen LogP contribution < -0.4 is 5.73 Å². The Kier molecular flexibility index (Phi) is 3.57. The Labute approximate surface area is 112 Å². The third-order valence-corrected chi connectivity index (χ3v) is 3.21. The lowest BCUT2D eigenvalue weighted by Crippen LogP contribution is -2.20. The molecule has 19 heavy (non-hydrogen) atoms. The zero-order chi connectivity index (χ0) is 14.2. The Hall–Kier alpha value is -1.88. The Balaban J connectivity index is 2.48. The first-order valence-electron chi connectivity index (χ1n) is 6.33. The van der Waals surface area contributed by atoms with Gasteiger partial charge in [-0.3, -0.25) is 4.79 Å². The number of carboxylic acids is 1. The van der Waals surface area contributed by atoms with E-state index in [-0.39, 0.29) is 0 Å². The maximum absolute atomic E-state index is 10.9. The molecule has 0 aliphatic rings. The molecule has 0 saturated carbocycles. The van der Waals surface area contributed by atoms with Gasteiger partial charge < -0.3 is 15.4 Å². The lowest BCUT2D eigenvalue weighted by molar-refractivity contribution is -0.138. The van der Waals surface area contributed by atoms with E-state index in [1.54, 1.807) is 6.07 Å². The van der Waals surface area contributed by atoms with Gasteiger partial charge in [-0.1, -0.05) is 19.9 Å². The summed E-state index contributed by atoms with van der Waals surface area (Å²) in [5.41, 5.74) is 8.03. The Morgan fingerprint density at radius 2 is 2.16 bits per heavy atom. The molecule has 2 aromatic rings. The van der Waals surface area contributed by atoms with Crippen molar-refractivity contribution in [1.29, 1.82) is 0 Å².